The van der Waals surface area contributed by atoms with Gasteiger partial charge in [-0.1, -0.05) is 0 Å². The first-order valence-corrected chi connectivity index (χ1v) is 6.31. The van der Waals surface area contributed by atoms with Gasteiger partial charge < -0.3 is 5.11 Å². The van der Waals surface area contributed by atoms with Gasteiger partial charge in [-0.15, -0.1) is 0 Å². The lowest BCUT2D eigenvalue weighted by molar-refractivity contribution is 0.0696. The van der Waals surface area contributed by atoms with Crippen LogP contribution in [-0.4, -0.2) is 36.8 Å². The molecule has 7 heteroatoms. The van der Waals surface area contributed by atoms with Crippen molar-refractivity contribution >= 4 is 21.8 Å². The molecule has 0 unspecified atom stereocenters. The van der Waals surface area contributed by atoms with Crippen LogP contribution >= 0.6 is 0 Å². The first-order valence-electron chi connectivity index (χ1n) is 4.70. The summed E-state index contributed by atoms with van der Waals surface area (Å²) in [5.74, 6) is -0.680. The monoisotopic (exact) mass is 242 g/mol. The molecule has 0 atom stereocenters. The first kappa shape index (κ1) is 10.9. The highest BCUT2D eigenvalue weighted by Crippen LogP contribution is 2.21. The number of sulfonamides is 1. The molecule has 1 aliphatic rings. The minimum atomic E-state index is -3.25. The van der Waals surface area contributed by atoms with E-state index in [0.29, 0.717) is 13.0 Å². The Balaban J connectivity index is 2.32. The van der Waals surface area contributed by atoms with Gasteiger partial charge in [0, 0.05) is 12.7 Å². The number of hydrogen-bond donors (Lipinski definition) is 1. The predicted octanol–water partition coefficient (Wildman–Crippen LogP) is 0.320. The van der Waals surface area contributed by atoms with Crippen LogP contribution in [0, 0.1) is 0 Å². The maximum atomic E-state index is 11.6. The number of aromatic nitrogens is 1. The van der Waals surface area contributed by atoms with Crippen LogP contribution in [0.15, 0.2) is 18.3 Å². The van der Waals surface area contributed by atoms with Gasteiger partial charge in [0.05, 0.1) is 11.3 Å². The second kappa shape index (κ2) is 3.75. The number of rotatable bonds is 2. The van der Waals surface area contributed by atoms with Crippen LogP contribution < -0.4 is 4.31 Å². The summed E-state index contributed by atoms with van der Waals surface area (Å²) >= 11 is 0. The minimum absolute atomic E-state index is 0.0420. The normalized spacial score (nSPS) is 18.6. The standard InChI is InChI=1S/C9H10N2O4S/c12-9(13)7-2-3-8(10-6-7)11-4-1-5-16(11,14)15/h2-3,6H,1,4-5H2,(H,12,13). The molecule has 86 valence electrons. The van der Waals surface area contributed by atoms with Gasteiger partial charge in [-0.05, 0) is 18.6 Å². The Morgan fingerprint density at radius 3 is 2.62 bits per heavy atom. The number of carbonyl (C=O) groups is 1. The smallest absolute Gasteiger partial charge is 0.337 e. The van der Waals surface area contributed by atoms with Crippen LogP contribution in [0.4, 0.5) is 5.82 Å². The SMILES string of the molecule is O=C(O)c1ccc(N2CCCS2(=O)=O)nc1. The van der Waals surface area contributed by atoms with Crippen molar-refractivity contribution in [2.45, 2.75) is 6.42 Å². The third kappa shape index (κ3) is 1.85. The number of anilines is 1. The van der Waals surface area contributed by atoms with Crippen LogP contribution in [-0.2, 0) is 10.0 Å². The highest BCUT2D eigenvalue weighted by atomic mass is 32.2. The van der Waals surface area contributed by atoms with Gasteiger partial charge in [0.1, 0.15) is 5.82 Å². The highest BCUT2D eigenvalue weighted by molar-refractivity contribution is 7.93. The van der Waals surface area contributed by atoms with Gasteiger partial charge in [-0.3, -0.25) is 4.31 Å². The van der Waals surface area contributed by atoms with Crippen LogP contribution in [0.5, 0.6) is 0 Å². The van der Waals surface area contributed by atoms with Crippen molar-refractivity contribution in [1.82, 2.24) is 4.98 Å². The fourth-order valence-corrected chi connectivity index (χ4v) is 3.07. The predicted molar refractivity (Wildman–Crippen MR) is 56.9 cm³/mol. The zero-order chi connectivity index (χ0) is 11.8. The molecule has 0 radical (unpaired) electrons. The number of carboxylic acids is 1. The Labute approximate surface area is 92.6 Å². The summed E-state index contributed by atoms with van der Waals surface area (Å²) in [5, 5.41) is 8.67. The van der Waals surface area contributed by atoms with Crippen molar-refractivity contribution < 1.29 is 18.3 Å². The Kier molecular flexibility index (Phi) is 2.55. The maximum Gasteiger partial charge on any atom is 0.337 e. The number of pyridine rings is 1. The quantitative estimate of drug-likeness (QED) is 0.806. The third-order valence-corrected chi connectivity index (χ3v) is 4.20. The Bertz CT molecular complexity index is 509. The van der Waals surface area contributed by atoms with Gasteiger partial charge in [-0.25, -0.2) is 18.2 Å². The molecule has 1 aromatic heterocycles. The Morgan fingerprint density at radius 1 is 1.44 bits per heavy atom. The third-order valence-electron chi connectivity index (χ3n) is 2.35. The van der Waals surface area contributed by atoms with Gasteiger partial charge in [0.25, 0.3) is 0 Å². The van der Waals surface area contributed by atoms with Crippen molar-refractivity contribution in [1.29, 1.82) is 0 Å². The fraction of sp³-hybridized carbons (Fsp3) is 0.333. The highest BCUT2D eigenvalue weighted by Gasteiger charge is 2.29. The van der Waals surface area contributed by atoms with E-state index in [-0.39, 0.29) is 17.1 Å². The van der Waals surface area contributed by atoms with Crippen molar-refractivity contribution in [2.75, 3.05) is 16.6 Å². The molecule has 0 spiro atoms. The van der Waals surface area contributed by atoms with Crippen molar-refractivity contribution in [3.63, 3.8) is 0 Å². The van der Waals surface area contributed by atoms with E-state index in [2.05, 4.69) is 4.98 Å². The Hall–Kier alpha value is -1.63. The van der Waals surface area contributed by atoms with E-state index >= 15 is 0 Å². The molecule has 0 amide bonds. The van der Waals surface area contributed by atoms with Crippen molar-refractivity contribution in [2.24, 2.45) is 0 Å². The molecule has 0 bridgehead atoms. The molecular formula is C9H10N2O4S. The fourth-order valence-electron chi connectivity index (χ4n) is 1.56. The van der Waals surface area contributed by atoms with E-state index in [1.165, 1.54) is 16.4 Å². The lowest BCUT2D eigenvalue weighted by atomic mass is 10.3. The molecule has 1 fully saturated rings. The van der Waals surface area contributed by atoms with Gasteiger partial charge in [-0.2, -0.15) is 0 Å². The molecule has 1 aromatic rings. The topological polar surface area (TPSA) is 87.6 Å². The molecule has 1 saturated heterocycles. The van der Waals surface area contributed by atoms with Gasteiger partial charge in [0.2, 0.25) is 10.0 Å². The van der Waals surface area contributed by atoms with Crippen LogP contribution in [0.3, 0.4) is 0 Å². The van der Waals surface area contributed by atoms with Crippen molar-refractivity contribution in [3.8, 4) is 0 Å². The summed E-state index contributed by atoms with van der Waals surface area (Å²) < 4.78 is 24.3. The van der Waals surface area contributed by atoms with E-state index < -0.39 is 16.0 Å². The zero-order valence-corrected chi connectivity index (χ0v) is 9.14. The van der Waals surface area contributed by atoms with Crippen LogP contribution in [0.2, 0.25) is 0 Å². The molecule has 2 heterocycles. The summed E-state index contributed by atoms with van der Waals surface area (Å²) in [6.07, 6.45) is 1.73. The molecule has 0 saturated carbocycles. The average Bonchev–Trinajstić information content (AvgIpc) is 2.58. The van der Waals surface area contributed by atoms with E-state index in [0.717, 1.165) is 6.20 Å². The Morgan fingerprint density at radius 2 is 2.19 bits per heavy atom. The molecule has 2 rings (SSSR count). The zero-order valence-electron chi connectivity index (χ0n) is 8.33. The summed E-state index contributed by atoms with van der Waals surface area (Å²) in [7, 11) is -3.25. The molecule has 6 nitrogen and oxygen atoms in total. The number of nitrogens with zero attached hydrogens (tertiary/aromatic N) is 2. The van der Waals surface area contributed by atoms with Gasteiger partial charge in [0.15, 0.2) is 0 Å². The number of aromatic carboxylic acids is 1. The van der Waals surface area contributed by atoms with Crippen molar-refractivity contribution in [3.05, 3.63) is 23.9 Å². The van der Waals surface area contributed by atoms with E-state index in [9.17, 15) is 13.2 Å². The molecule has 1 aliphatic heterocycles. The molecular weight excluding hydrogens is 232 g/mol. The second-order valence-electron chi connectivity index (χ2n) is 3.45. The first-order chi connectivity index (χ1) is 7.50. The summed E-state index contributed by atoms with van der Waals surface area (Å²) in [6.45, 7) is 0.405. The average molecular weight is 242 g/mol. The van der Waals surface area contributed by atoms with Gasteiger partial charge >= 0.3 is 5.97 Å². The molecule has 0 aliphatic carbocycles. The molecule has 1 N–H and O–H groups in total. The summed E-state index contributed by atoms with van der Waals surface area (Å²) in [5.41, 5.74) is 0.0420. The van der Waals surface area contributed by atoms with E-state index in [4.69, 9.17) is 5.11 Å². The summed E-state index contributed by atoms with van der Waals surface area (Å²) in [4.78, 5) is 14.4. The molecule has 16 heavy (non-hydrogen) atoms. The minimum Gasteiger partial charge on any atom is -0.478 e. The second-order valence-corrected chi connectivity index (χ2v) is 5.46. The number of carboxylic acid groups (broad SMARTS) is 1. The number of hydrogen-bond acceptors (Lipinski definition) is 4. The van der Waals surface area contributed by atoms with E-state index in [1.54, 1.807) is 0 Å². The van der Waals surface area contributed by atoms with E-state index in [1.807, 2.05) is 0 Å². The lowest BCUT2D eigenvalue weighted by Gasteiger charge is -2.15. The molecule has 0 aromatic carbocycles. The van der Waals surface area contributed by atoms with Crippen LogP contribution in [0.25, 0.3) is 0 Å². The van der Waals surface area contributed by atoms with Crippen LogP contribution in [0.1, 0.15) is 16.8 Å². The largest absolute Gasteiger partial charge is 0.478 e. The summed E-state index contributed by atoms with van der Waals surface area (Å²) in [6, 6.07) is 2.75. The maximum absolute atomic E-state index is 11.6. The lowest BCUT2D eigenvalue weighted by Crippen LogP contribution is -2.26.